The van der Waals surface area contributed by atoms with Crippen molar-refractivity contribution in [3.8, 4) is 5.88 Å². The van der Waals surface area contributed by atoms with Crippen molar-refractivity contribution >= 4 is 16.7 Å². The fourth-order valence-electron chi connectivity index (χ4n) is 6.23. The number of nitrogens with zero attached hydrogens (tertiary/aromatic N) is 3. The highest BCUT2D eigenvalue weighted by atomic mass is 35.5. The number of aromatic amines is 1. The first-order valence-electron chi connectivity index (χ1n) is 14.5. The highest BCUT2D eigenvalue weighted by Gasteiger charge is 2.24. The number of quaternary nitrogens is 1. The van der Waals surface area contributed by atoms with Crippen molar-refractivity contribution < 1.29 is 38.9 Å². The summed E-state index contributed by atoms with van der Waals surface area (Å²) in [5, 5.41) is 0. The molecule has 1 fully saturated rings. The molecule has 9 heteroatoms. The lowest BCUT2D eigenvalue weighted by Gasteiger charge is -2.29. The van der Waals surface area contributed by atoms with Crippen LogP contribution < -0.4 is 44.4 Å². The molecule has 2 N–H and O–H groups in total. The van der Waals surface area contributed by atoms with Crippen molar-refractivity contribution in [3.63, 3.8) is 0 Å². The van der Waals surface area contributed by atoms with Gasteiger partial charge in [0.2, 0.25) is 11.3 Å². The summed E-state index contributed by atoms with van der Waals surface area (Å²) in [6.45, 7) is 8.66. The summed E-state index contributed by atoms with van der Waals surface area (Å²) in [4.78, 5) is 23.5. The van der Waals surface area contributed by atoms with Gasteiger partial charge in [0.15, 0.2) is 0 Å². The van der Waals surface area contributed by atoms with E-state index in [0.717, 1.165) is 47.9 Å². The maximum Gasteiger partial charge on any atom is 0.296 e. The van der Waals surface area contributed by atoms with Crippen molar-refractivity contribution in [2.45, 2.75) is 71.8 Å². The highest BCUT2D eigenvalue weighted by Crippen LogP contribution is 2.18. The molecule has 40 heavy (non-hydrogen) atoms. The van der Waals surface area contributed by atoms with Crippen LogP contribution in [0.3, 0.4) is 0 Å². The second-order valence-electron chi connectivity index (χ2n) is 10.9. The SMILES string of the molecule is CCc1[nH]c(C)c2c(=O)n(CCCCCC[NH+]3CCC(Cc4ccccc4)CC3)c3ccc(OC)nc3[n+]12.[Cl-].[Cl-]. The molecule has 4 aromatic rings. The third kappa shape index (κ3) is 6.99. The predicted molar refractivity (Wildman–Crippen MR) is 151 cm³/mol. The number of ether oxygens (including phenoxy) is 1. The van der Waals surface area contributed by atoms with Gasteiger partial charge >= 0.3 is 0 Å². The molecule has 1 saturated heterocycles. The van der Waals surface area contributed by atoms with E-state index in [9.17, 15) is 4.79 Å². The number of pyridine rings is 1. The average molecular weight is 589 g/mol. The zero-order valence-corrected chi connectivity index (χ0v) is 25.5. The lowest BCUT2D eigenvalue weighted by atomic mass is 9.90. The monoisotopic (exact) mass is 587 g/mol. The Kier molecular flexibility index (Phi) is 11.9. The molecule has 1 aliphatic rings. The largest absolute Gasteiger partial charge is 1.00 e. The number of benzene rings is 1. The number of unbranched alkanes of at least 4 members (excludes halogenated alkanes) is 3. The molecule has 0 aliphatic carbocycles. The molecule has 7 nitrogen and oxygen atoms in total. The quantitative estimate of drug-likeness (QED) is 0.150. The van der Waals surface area contributed by atoms with Gasteiger partial charge in [0.05, 0.1) is 26.7 Å². The van der Waals surface area contributed by atoms with E-state index in [4.69, 9.17) is 9.72 Å². The van der Waals surface area contributed by atoms with Crippen molar-refractivity contribution in [3.05, 3.63) is 69.9 Å². The minimum atomic E-state index is 0. The van der Waals surface area contributed by atoms with Crippen LogP contribution in [0, 0.1) is 12.8 Å². The van der Waals surface area contributed by atoms with Gasteiger partial charge in [0, 0.05) is 19.0 Å². The van der Waals surface area contributed by atoms with Crippen LogP contribution in [0.25, 0.3) is 16.7 Å². The van der Waals surface area contributed by atoms with Crippen LogP contribution in [-0.4, -0.2) is 41.3 Å². The number of hydrogen-bond donors (Lipinski definition) is 2. The van der Waals surface area contributed by atoms with E-state index >= 15 is 0 Å². The summed E-state index contributed by atoms with van der Waals surface area (Å²) >= 11 is 0. The molecule has 0 atom stereocenters. The first-order chi connectivity index (χ1) is 18.6. The number of likely N-dealkylation sites (tertiary alicyclic amines) is 1. The third-order valence-corrected chi connectivity index (χ3v) is 8.35. The minimum absolute atomic E-state index is 0. The number of halogens is 2. The fourth-order valence-corrected chi connectivity index (χ4v) is 6.23. The van der Waals surface area contributed by atoms with Crippen molar-refractivity contribution in [1.82, 2.24) is 14.5 Å². The molecule has 0 bridgehead atoms. The molecule has 0 spiro atoms. The van der Waals surface area contributed by atoms with E-state index in [-0.39, 0.29) is 30.4 Å². The van der Waals surface area contributed by atoms with E-state index < -0.39 is 0 Å². The number of aromatic nitrogens is 4. The van der Waals surface area contributed by atoms with Gasteiger partial charge in [0.25, 0.3) is 17.1 Å². The molecule has 218 valence electrons. The second-order valence-corrected chi connectivity index (χ2v) is 10.9. The van der Waals surface area contributed by atoms with Gasteiger partial charge in [-0.1, -0.05) is 48.7 Å². The molecule has 3 aromatic heterocycles. The van der Waals surface area contributed by atoms with Crippen LogP contribution in [0.1, 0.15) is 62.5 Å². The first-order valence-corrected chi connectivity index (χ1v) is 14.5. The van der Waals surface area contributed by atoms with E-state index in [0.29, 0.717) is 17.9 Å². The molecule has 0 unspecified atom stereocenters. The van der Waals surface area contributed by atoms with Crippen molar-refractivity contribution in [2.24, 2.45) is 5.92 Å². The summed E-state index contributed by atoms with van der Waals surface area (Å²) in [7, 11) is 1.63. The van der Waals surface area contributed by atoms with Gasteiger partial charge < -0.3 is 34.5 Å². The summed E-state index contributed by atoms with van der Waals surface area (Å²) in [5.74, 6) is 2.39. The summed E-state index contributed by atoms with van der Waals surface area (Å²) in [6.07, 6.45) is 9.33. The molecular weight excluding hydrogens is 545 g/mol. The molecule has 0 saturated carbocycles. The zero-order valence-electron chi connectivity index (χ0n) is 24.0. The van der Waals surface area contributed by atoms with Crippen LogP contribution in [0.15, 0.2) is 47.3 Å². The fraction of sp³-hybridized carbons (Fsp3) is 0.516. The number of piperidine rings is 1. The molecule has 0 radical (unpaired) electrons. The van der Waals surface area contributed by atoms with Gasteiger partial charge in [-0.25, -0.2) is 0 Å². The Labute approximate surface area is 249 Å². The van der Waals surface area contributed by atoms with Crippen molar-refractivity contribution in [2.75, 3.05) is 26.7 Å². The second kappa shape index (κ2) is 14.9. The summed E-state index contributed by atoms with van der Waals surface area (Å²) in [6, 6.07) is 14.8. The topological polar surface area (TPSA) is 68.4 Å². The lowest BCUT2D eigenvalue weighted by molar-refractivity contribution is -0.906. The first kappa shape index (κ1) is 31.9. The Morgan fingerprint density at radius 1 is 1.05 bits per heavy atom. The van der Waals surface area contributed by atoms with Gasteiger partial charge in [-0.15, -0.1) is 0 Å². The number of aryl methyl sites for hydroxylation is 3. The van der Waals surface area contributed by atoms with Crippen LogP contribution in [0.2, 0.25) is 0 Å². The molecule has 0 amide bonds. The van der Waals surface area contributed by atoms with Gasteiger partial charge in [-0.3, -0.25) is 14.3 Å². The zero-order chi connectivity index (χ0) is 26.5. The van der Waals surface area contributed by atoms with Crippen LogP contribution in [0.5, 0.6) is 5.88 Å². The lowest BCUT2D eigenvalue weighted by Crippen LogP contribution is -3.13. The summed E-state index contributed by atoms with van der Waals surface area (Å²) in [5.41, 5.74) is 4.76. The van der Waals surface area contributed by atoms with Crippen molar-refractivity contribution in [1.29, 1.82) is 0 Å². The van der Waals surface area contributed by atoms with E-state index in [1.807, 2.05) is 28.0 Å². The number of nitrogens with one attached hydrogen (secondary N) is 2. The molecule has 4 heterocycles. The van der Waals surface area contributed by atoms with Gasteiger partial charge in [0.1, 0.15) is 11.2 Å². The van der Waals surface area contributed by atoms with E-state index in [1.54, 1.807) is 12.0 Å². The van der Waals surface area contributed by atoms with E-state index in [2.05, 4.69) is 42.2 Å². The number of fused-ring (bicyclic) bond motifs is 3. The molecule has 1 aromatic carbocycles. The van der Waals surface area contributed by atoms with Crippen LogP contribution >= 0.6 is 0 Å². The Bertz CT molecular complexity index is 1430. The maximum absolute atomic E-state index is 13.6. The Morgan fingerprint density at radius 3 is 2.48 bits per heavy atom. The van der Waals surface area contributed by atoms with Gasteiger partial charge in [-0.2, -0.15) is 4.40 Å². The summed E-state index contributed by atoms with van der Waals surface area (Å²) < 4.78 is 9.31. The Hall–Kier alpha value is -2.61. The Balaban J connectivity index is 0.00000220. The maximum atomic E-state index is 13.6. The van der Waals surface area contributed by atoms with Gasteiger partial charge in [-0.05, 0) is 63.0 Å². The smallest absolute Gasteiger partial charge is 0.296 e. The number of rotatable bonds is 11. The normalized spacial score (nSPS) is 17.0. The molecule has 1 aliphatic heterocycles. The molecule has 5 rings (SSSR count). The highest BCUT2D eigenvalue weighted by molar-refractivity contribution is 5.70. The predicted octanol–water partition coefficient (Wildman–Crippen LogP) is -2.55. The standard InChI is InChI=1S/C31H41N5O2.2ClH/c1-4-27-32-23(2)29-31(37)35(26-14-15-28(38-3)33-30(26)36(27)29)19-11-6-5-10-18-34-20-16-25(17-21-34)22-24-12-8-7-9-13-24;;/h7-9,12-15,25H,4-6,10-11,16-22H2,1-3H3;2*1H. The number of H-pyrrole nitrogens is 1. The Morgan fingerprint density at radius 2 is 1.77 bits per heavy atom. The third-order valence-electron chi connectivity index (χ3n) is 8.35. The van der Waals surface area contributed by atoms with E-state index in [1.165, 1.54) is 57.3 Å². The number of methoxy groups -OCH3 is 1. The number of imidazole rings is 1. The number of hydrogen-bond acceptors (Lipinski definition) is 3. The van der Waals surface area contributed by atoms with Crippen LogP contribution in [-0.2, 0) is 19.4 Å². The molecular formula is C31H43Cl2N5O2. The average Bonchev–Trinajstić information content (AvgIpc) is 3.30. The van der Waals surface area contributed by atoms with Crippen LogP contribution in [0.4, 0.5) is 0 Å². The minimum Gasteiger partial charge on any atom is -1.00 e.